The van der Waals surface area contributed by atoms with Crippen LogP contribution in [-0.2, 0) is 19.1 Å². The van der Waals surface area contributed by atoms with Crippen molar-refractivity contribution in [2.75, 3.05) is 13.1 Å². The van der Waals surface area contributed by atoms with Gasteiger partial charge in [0.2, 0.25) is 0 Å². The lowest BCUT2D eigenvalue weighted by atomic mass is 10.1. The molecular weight excluding hydrogens is 361 g/mol. The summed E-state index contributed by atoms with van der Waals surface area (Å²) in [6, 6.07) is 5.25. The summed E-state index contributed by atoms with van der Waals surface area (Å²) in [4.78, 5) is 10.1. The van der Waals surface area contributed by atoms with E-state index >= 15 is 0 Å². The van der Waals surface area contributed by atoms with E-state index in [2.05, 4.69) is 20.6 Å². The van der Waals surface area contributed by atoms with Gasteiger partial charge in [0.15, 0.2) is 5.96 Å². The van der Waals surface area contributed by atoms with Gasteiger partial charge in [0.1, 0.15) is 0 Å². The van der Waals surface area contributed by atoms with Gasteiger partial charge >= 0.3 is 6.18 Å². The zero-order valence-corrected chi connectivity index (χ0v) is 15.9. The maximum atomic E-state index is 12.6. The highest BCUT2D eigenvalue weighted by Gasteiger charge is 2.29. The highest BCUT2D eigenvalue weighted by Crippen LogP contribution is 2.29. The van der Waals surface area contributed by atoms with Gasteiger partial charge in [-0.2, -0.15) is 13.2 Å². The van der Waals surface area contributed by atoms with E-state index in [1.54, 1.807) is 11.3 Å². The first-order valence-electron chi connectivity index (χ1n) is 8.40. The standard InChI is InChI=1S/C18H23F3N4S/c1-4-22-17(24-11-16-12(2)25-13(3)26-16)23-10-9-14-5-7-15(8-6-14)18(19,20)21/h5-8H,4,9-11H2,1-3H3,(H2,22,23,24). The first kappa shape index (κ1) is 20.2. The summed E-state index contributed by atoms with van der Waals surface area (Å²) in [5.74, 6) is 0.685. The molecule has 0 bridgehead atoms. The van der Waals surface area contributed by atoms with Crippen molar-refractivity contribution >= 4 is 17.3 Å². The van der Waals surface area contributed by atoms with E-state index in [1.165, 1.54) is 12.1 Å². The van der Waals surface area contributed by atoms with E-state index in [0.717, 1.165) is 39.8 Å². The van der Waals surface area contributed by atoms with Crippen LogP contribution in [0.4, 0.5) is 13.2 Å². The summed E-state index contributed by atoms with van der Waals surface area (Å²) in [5, 5.41) is 7.40. The molecule has 0 saturated carbocycles. The molecule has 0 spiro atoms. The van der Waals surface area contributed by atoms with Gasteiger partial charge in [0.25, 0.3) is 0 Å². The number of thiazole rings is 1. The lowest BCUT2D eigenvalue weighted by Crippen LogP contribution is -2.38. The molecule has 0 aliphatic heterocycles. The lowest BCUT2D eigenvalue weighted by Gasteiger charge is -2.12. The third-order valence-corrected chi connectivity index (χ3v) is 4.77. The molecule has 4 nitrogen and oxygen atoms in total. The molecule has 0 aliphatic rings. The number of aryl methyl sites for hydroxylation is 2. The van der Waals surface area contributed by atoms with Crippen LogP contribution >= 0.6 is 11.3 Å². The Morgan fingerprint density at radius 2 is 1.85 bits per heavy atom. The first-order chi connectivity index (χ1) is 12.3. The Kier molecular flexibility index (Phi) is 7.02. The second-order valence-electron chi connectivity index (χ2n) is 5.81. The minimum atomic E-state index is -4.30. The van der Waals surface area contributed by atoms with Crippen molar-refractivity contribution in [2.45, 2.75) is 39.9 Å². The van der Waals surface area contributed by atoms with E-state index in [0.29, 0.717) is 25.5 Å². The molecule has 1 heterocycles. The van der Waals surface area contributed by atoms with Crippen molar-refractivity contribution in [2.24, 2.45) is 4.99 Å². The molecule has 2 aromatic rings. The van der Waals surface area contributed by atoms with Crippen LogP contribution in [0.3, 0.4) is 0 Å². The van der Waals surface area contributed by atoms with Crippen LogP contribution in [0, 0.1) is 13.8 Å². The molecule has 1 aromatic heterocycles. The zero-order valence-electron chi connectivity index (χ0n) is 15.1. The average molecular weight is 384 g/mol. The van der Waals surface area contributed by atoms with Crippen LogP contribution < -0.4 is 10.6 Å². The summed E-state index contributed by atoms with van der Waals surface area (Å²) in [5.41, 5.74) is 1.21. The number of nitrogens with one attached hydrogen (secondary N) is 2. The molecule has 0 fully saturated rings. The molecule has 0 radical (unpaired) electrons. The topological polar surface area (TPSA) is 49.3 Å². The number of benzene rings is 1. The fourth-order valence-electron chi connectivity index (χ4n) is 2.40. The van der Waals surface area contributed by atoms with E-state index in [-0.39, 0.29) is 0 Å². The summed E-state index contributed by atoms with van der Waals surface area (Å²) in [6.07, 6.45) is -3.68. The van der Waals surface area contributed by atoms with Crippen molar-refractivity contribution < 1.29 is 13.2 Å². The molecule has 0 amide bonds. The summed E-state index contributed by atoms with van der Waals surface area (Å²) in [6.45, 7) is 7.78. The fourth-order valence-corrected chi connectivity index (χ4v) is 3.26. The Morgan fingerprint density at radius 1 is 1.15 bits per heavy atom. The van der Waals surface area contributed by atoms with Crippen LogP contribution in [-0.4, -0.2) is 24.0 Å². The summed E-state index contributed by atoms with van der Waals surface area (Å²) < 4.78 is 37.7. The van der Waals surface area contributed by atoms with Crippen LogP contribution in [0.25, 0.3) is 0 Å². The molecule has 2 N–H and O–H groups in total. The molecule has 142 valence electrons. The Morgan fingerprint density at radius 3 is 2.38 bits per heavy atom. The third-order valence-electron chi connectivity index (χ3n) is 3.71. The van der Waals surface area contributed by atoms with Crippen molar-refractivity contribution in [3.63, 3.8) is 0 Å². The number of hydrogen-bond donors (Lipinski definition) is 2. The molecule has 0 aliphatic carbocycles. The molecule has 0 saturated heterocycles. The number of hydrogen-bond acceptors (Lipinski definition) is 3. The van der Waals surface area contributed by atoms with Crippen molar-refractivity contribution in [3.8, 4) is 0 Å². The van der Waals surface area contributed by atoms with Gasteiger partial charge in [0, 0.05) is 18.0 Å². The van der Waals surface area contributed by atoms with Crippen LogP contribution in [0.5, 0.6) is 0 Å². The van der Waals surface area contributed by atoms with Crippen LogP contribution in [0.15, 0.2) is 29.3 Å². The summed E-state index contributed by atoms with van der Waals surface area (Å²) >= 11 is 1.63. The Balaban J connectivity index is 1.89. The van der Waals surface area contributed by atoms with Gasteiger partial charge < -0.3 is 10.6 Å². The van der Waals surface area contributed by atoms with Gasteiger partial charge in [-0.3, -0.25) is 0 Å². The van der Waals surface area contributed by atoms with E-state index in [4.69, 9.17) is 0 Å². The second-order valence-corrected chi connectivity index (χ2v) is 7.10. The average Bonchev–Trinajstić information content (AvgIpc) is 2.90. The van der Waals surface area contributed by atoms with Gasteiger partial charge in [-0.1, -0.05) is 12.1 Å². The summed E-state index contributed by atoms with van der Waals surface area (Å²) in [7, 11) is 0. The van der Waals surface area contributed by atoms with E-state index in [1.807, 2.05) is 20.8 Å². The highest BCUT2D eigenvalue weighted by molar-refractivity contribution is 7.11. The predicted molar refractivity (Wildman–Crippen MR) is 99.6 cm³/mol. The van der Waals surface area contributed by atoms with Crippen molar-refractivity contribution in [1.29, 1.82) is 0 Å². The first-order valence-corrected chi connectivity index (χ1v) is 9.22. The monoisotopic (exact) mass is 384 g/mol. The third kappa shape index (κ3) is 6.01. The molecular formula is C18H23F3N4S. The number of aromatic nitrogens is 1. The maximum Gasteiger partial charge on any atom is 0.416 e. The van der Waals surface area contributed by atoms with Gasteiger partial charge in [-0.25, -0.2) is 9.98 Å². The van der Waals surface area contributed by atoms with E-state index in [9.17, 15) is 13.2 Å². The quantitative estimate of drug-likeness (QED) is 0.583. The van der Waals surface area contributed by atoms with Crippen LogP contribution in [0.2, 0.25) is 0 Å². The lowest BCUT2D eigenvalue weighted by molar-refractivity contribution is -0.137. The fraction of sp³-hybridized carbons (Fsp3) is 0.444. The number of halogens is 3. The SMILES string of the molecule is CCNC(=NCc1sc(C)nc1C)NCCc1ccc(C(F)(F)F)cc1. The van der Waals surface area contributed by atoms with E-state index < -0.39 is 11.7 Å². The Bertz CT molecular complexity index is 736. The molecule has 0 unspecified atom stereocenters. The highest BCUT2D eigenvalue weighted by atomic mass is 32.1. The van der Waals surface area contributed by atoms with Gasteiger partial charge in [0.05, 0.1) is 22.8 Å². The number of nitrogens with zero attached hydrogens (tertiary/aromatic N) is 2. The van der Waals surface area contributed by atoms with Crippen LogP contribution in [0.1, 0.15) is 33.6 Å². The molecule has 1 aromatic carbocycles. The number of rotatable bonds is 6. The molecule has 26 heavy (non-hydrogen) atoms. The minimum absolute atomic E-state index is 0.549. The number of guanidine groups is 1. The van der Waals surface area contributed by atoms with Crippen molar-refractivity contribution in [1.82, 2.24) is 15.6 Å². The van der Waals surface area contributed by atoms with Gasteiger partial charge in [-0.15, -0.1) is 11.3 Å². The Labute approximate surface area is 155 Å². The zero-order chi connectivity index (χ0) is 19.2. The largest absolute Gasteiger partial charge is 0.416 e. The smallest absolute Gasteiger partial charge is 0.357 e. The minimum Gasteiger partial charge on any atom is -0.357 e. The molecule has 2 rings (SSSR count). The maximum absolute atomic E-state index is 12.6. The van der Waals surface area contributed by atoms with Gasteiger partial charge in [-0.05, 0) is 44.9 Å². The van der Waals surface area contributed by atoms with Crippen molar-refractivity contribution in [3.05, 3.63) is 51.0 Å². The second kappa shape index (κ2) is 9.02. The molecule has 8 heteroatoms. The predicted octanol–water partition coefficient (Wildman–Crippen LogP) is 4.08. The number of aliphatic imine (C=N–C) groups is 1. The molecule has 0 atom stereocenters. The normalized spacial score (nSPS) is 12.3. The number of alkyl halides is 3. The Hall–Kier alpha value is -2.09.